The maximum Gasteiger partial charge on any atom is 0.0400 e. The molecule has 1 heterocycles. The number of anilines is 1. The Hall–Kier alpha value is -1.32. The molecule has 0 aliphatic rings. The summed E-state index contributed by atoms with van der Waals surface area (Å²) < 4.78 is 0. The molecule has 1 aromatic carbocycles. The van der Waals surface area contributed by atoms with Crippen LogP contribution in [0.15, 0.2) is 35.7 Å². The summed E-state index contributed by atoms with van der Waals surface area (Å²) in [6, 6.07) is 10.7. The molecule has 2 N–H and O–H groups in total. The van der Waals surface area contributed by atoms with Gasteiger partial charge in [-0.2, -0.15) is 0 Å². The number of aryl methyl sites for hydroxylation is 2. The van der Waals surface area contributed by atoms with Gasteiger partial charge in [-0.25, -0.2) is 0 Å². The topological polar surface area (TPSA) is 24.1 Å². The summed E-state index contributed by atoms with van der Waals surface area (Å²) in [4.78, 5) is 1.39. The number of benzene rings is 1. The van der Waals surface area contributed by atoms with Gasteiger partial charge in [0.05, 0.1) is 0 Å². The molecule has 0 aliphatic heterocycles. The lowest BCUT2D eigenvalue weighted by Gasteiger charge is -2.12. The first kappa shape index (κ1) is 13.1. The Labute approximate surface area is 113 Å². The summed E-state index contributed by atoms with van der Waals surface area (Å²) in [7, 11) is 0. The number of nitrogens with one attached hydrogen (secondary N) is 2. The standard InChI is InChI=1S/C15H20N2S/c1-12-5-3-6-13(2)15(12)17-9-8-16-11-14-7-4-10-18-14/h3-7,10,16-17H,8-9,11H2,1-2H3. The minimum Gasteiger partial charge on any atom is -0.383 e. The molecule has 0 amide bonds. The van der Waals surface area contributed by atoms with Crippen molar-refractivity contribution in [1.29, 1.82) is 0 Å². The smallest absolute Gasteiger partial charge is 0.0400 e. The van der Waals surface area contributed by atoms with Crippen LogP contribution in [0.4, 0.5) is 5.69 Å². The average molecular weight is 260 g/mol. The number of hydrogen-bond donors (Lipinski definition) is 2. The highest BCUT2D eigenvalue weighted by molar-refractivity contribution is 7.09. The monoisotopic (exact) mass is 260 g/mol. The van der Waals surface area contributed by atoms with Crippen molar-refractivity contribution in [3.05, 3.63) is 51.7 Å². The molecule has 0 aliphatic carbocycles. The fraction of sp³-hybridized carbons (Fsp3) is 0.333. The van der Waals surface area contributed by atoms with Gasteiger partial charge in [0, 0.05) is 30.2 Å². The first-order valence-electron chi connectivity index (χ1n) is 6.30. The number of thiophene rings is 1. The van der Waals surface area contributed by atoms with Gasteiger partial charge in [0.15, 0.2) is 0 Å². The van der Waals surface area contributed by atoms with Crippen LogP contribution in [0.5, 0.6) is 0 Å². The second-order valence-corrected chi connectivity index (χ2v) is 5.48. The van der Waals surface area contributed by atoms with E-state index in [2.05, 4.69) is 60.2 Å². The predicted octanol–water partition coefficient (Wildman–Crippen LogP) is 3.57. The van der Waals surface area contributed by atoms with Crippen molar-refractivity contribution in [2.75, 3.05) is 18.4 Å². The first-order valence-corrected chi connectivity index (χ1v) is 7.18. The van der Waals surface area contributed by atoms with Gasteiger partial charge in [0.25, 0.3) is 0 Å². The molecule has 0 unspecified atom stereocenters. The molecule has 2 aromatic rings. The van der Waals surface area contributed by atoms with Crippen molar-refractivity contribution in [2.45, 2.75) is 20.4 Å². The van der Waals surface area contributed by atoms with E-state index in [4.69, 9.17) is 0 Å². The Morgan fingerprint density at radius 1 is 1.00 bits per heavy atom. The largest absolute Gasteiger partial charge is 0.383 e. The Morgan fingerprint density at radius 3 is 2.44 bits per heavy atom. The summed E-state index contributed by atoms with van der Waals surface area (Å²) in [5.41, 5.74) is 3.90. The Bertz CT molecular complexity index is 457. The minimum atomic E-state index is 0.955. The molecule has 0 fully saturated rings. The zero-order valence-corrected chi connectivity index (χ0v) is 11.8. The van der Waals surface area contributed by atoms with Crippen LogP contribution in [-0.4, -0.2) is 13.1 Å². The van der Waals surface area contributed by atoms with Crippen LogP contribution in [0.3, 0.4) is 0 Å². The van der Waals surface area contributed by atoms with E-state index in [-0.39, 0.29) is 0 Å². The lowest BCUT2D eigenvalue weighted by molar-refractivity contribution is 0.714. The average Bonchev–Trinajstić information content (AvgIpc) is 2.85. The van der Waals surface area contributed by atoms with E-state index in [1.807, 2.05) is 0 Å². The van der Waals surface area contributed by atoms with Crippen molar-refractivity contribution >= 4 is 17.0 Å². The normalized spacial score (nSPS) is 10.6. The van der Waals surface area contributed by atoms with Gasteiger partial charge in [0.1, 0.15) is 0 Å². The molecule has 0 bridgehead atoms. The molecule has 0 atom stereocenters. The third-order valence-electron chi connectivity index (χ3n) is 2.96. The van der Waals surface area contributed by atoms with Gasteiger partial charge in [-0.15, -0.1) is 11.3 Å². The molecule has 0 saturated heterocycles. The van der Waals surface area contributed by atoms with Crippen LogP contribution in [-0.2, 0) is 6.54 Å². The molecule has 1 aromatic heterocycles. The summed E-state index contributed by atoms with van der Waals surface area (Å²) in [6.07, 6.45) is 0. The van der Waals surface area contributed by atoms with Crippen molar-refractivity contribution in [2.24, 2.45) is 0 Å². The molecule has 2 nitrogen and oxygen atoms in total. The zero-order chi connectivity index (χ0) is 12.8. The molecule has 2 rings (SSSR count). The number of para-hydroxylation sites is 1. The molecule has 3 heteroatoms. The third-order valence-corrected chi connectivity index (χ3v) is 3.84. The van der Waals surface area contributed by atoms with E-state index in [0.29, 0.717) is 0 Å². The summed E-state index contributed by atoms with van der Waals surface area (Å²) in [6.45, 7) is 7.19. The SMILES string of the molecule is Cc1cccc(C)c1NCCNCc1cccs1. The highest BCUT2D eigenvalue weighted by atomic mass is 32.1. The maximum atomic E-state index is 3.50. The van der Waals surface area contributed by atoms with Crippen LogP contribution < -0.4 is 10.6 Å². The van der Waals surface area contributed by atoms with Gasteiger partial charge >= 0.3 is 0 Å². The van der Waals surface area contributed by atoms with Crippen molar-refractivity contribution in [3.63, 3.8) is 0 Å². The molecule has 0 spiro atoms. The van der Waals surface area contributed by atoms with Crippen molar-refractivity contribution in [3.8, 4) is 0 Å². The predicted molar refractivity (Wildman–Crippen MR) is 80.4 cm³/mol. The first-order chi connectivity index (χ1) is 8.77. The van der Waals surface area contributed by atoms with E-state index in [0.717, 1.165) is 19.6 Å². The van der Waals surface area contributed by atoms with Crippen LogP contribution in [0.2, 0.25) is 0 Å². The van der Waals surface area contributed by atoms with Crippen LogP contribution in [0.1, 0.15) is 16.0 Å². The minimum absolute atomic E-state index is 0.955. The Kier molecular flexibility index (Phi) is 4.79. The van der Waals surface area contributed by atoms with E-state index in [9.17, 15) is 0 Å². The molecule has 0 radical (unpaired) electrons. The summed E-state index contributed by atoms with van der Waals surface area (Å²) in [5.74, 6) is 0. The van der Waals surface area contributed by atoms with Gasteiger partial charge in [-0.1, -0.05) is 24.3 Å². The molecule has 96 valence electrons. The molecular formula is C15H20N2S. The zero-order valence-electron chi connectivity index (χ0n) is 11.0. The van der Waals surface area contributed by atoms with E-state index in [1.165, 1.54) is 21.7 Å². The van der Waals surface area contributed by atoms with Crippen LogP contribution in [0.25, 0.3) is 0 Å². The maximum absolute atomic E-state index is 3.50. The second kappa shape index (κ2) is 6.57. The Balaban J connectivity index is 1.72. The van der Waals surface area contributed by atoms with Crippen LogP contribution in [0, 0.1) is 13.8 Å². The molecular weight excluding hydrogens is 240 g/mol. The van der Waals surface area contributed by atoms with E-state index in [1.54, 1.807) is 11.3 Å². The fourth-order valence-corrected chi connectivity index (χ4v) is 2.67. The Morgan fingerprint density at radius 2 is 1.78 bits per heavy atom. The lowest BCUT2D eigenvalue weighted by Crippen LogP contribution is -2.21. The quantitative estimate of drug-likeness (QED) is 0.776. The highest BCUT2D eigenvalue weighted by Crippen LogP contribution is 2.18. The highest BCUT2D eigenvalue weighted by Gasteiger charge is 2.00. The third kappa shape index (κ3) is 3.59. The molecule has 0 saturated carbocycles. The number of rotatable bonds is 6. The van der Waals surface area contributed by atoms with E-state index < -0.39 is 0 Å². The van der Waals surface area contributed by atoms with Gasteiger partial charge in [-0.3, -0.25) is 0 Å². The summed E-state index contributed by atoms with van der Waals surface area (Å²) >= 11 is 1.80. The molecule has 18 heavy (non-hydrogen) atoms. The second-order valence-electron chi connectivity index (χ2n) is 4.45. The van der Waals surface area contributed by atoms with E-state index >= 15 is 0 Å². The van der Waals surface area contributed by atoms with Crippen molar-refractivity contribution in [1.82, 2.24) is 5.32 Å². The summed E-state index contributed by atoms with van der Waals surface area (Å²) in [5, 5.41) is 9.06. The van der Waals surface area contributed by atoms with Gasteiger partial charge in [0.2, 0.25) is 0 Å². The van der Waals surface area contributed by atoms with Gasteiger partial charge in [-0.05, 0) is 36.4 Å². The fourth-order valence-electron chi connectivity index (χ4n) is 1.99. The van der Waals surface area contributed by atoms with Crippen molar-refractivity contribution < 1.29 is 0 Å². The van der Waals surface area contributed by atoms with Gasteiger partial charge < -0.3 is 10.6 Å². The number of hydrogen-bond acceptors (Lipinski definition) is 3. The lowest BCUT2D eigenvalue weighted by atomic mass is 10.1. The van der Waals surface area contributed by atoms with Crippen LogP contribution >= 0.6 is 11.3 Å².